The molecule has 0 radical (unpaired) electrons. The van der Waals surface area contributed by atoms with E-state index < -0.39 is 30.2 Å². The lowest BCUT2D eigenvalue weighted by Crippen LogP contribution is -2.36. The maximum atomic E-state index is 13.0. The number of benzene rings is 1. The summed E-state index contributed by atoms with van der Waals surface area (Å²) in [7, 11) is 0. The molecule has 1 unspecified atom stereocenters. The number of nitrogens with two attached hydrogens (primary N) is 1. The molecule has 2 rings (SSSR count). The Morgan fingerprint density at radius 3 is 2.62 bits per heavy atom. The van der Waals surface area contributed by atoms with Crippen molar-refractivity contribution in [1.29, 1.82) is 0 Å². The molecule has 0 aromatic heterocycles. The summed E-state index contributed by atoms with van der Waals surface area (Å²) in [6.45, 7) is 1.70. The van der Waals surface area contributed by atoms with E-state index in [1.54, 1.807) is 4.90 Å². The first-order chi connectivity index (χ1) is 12.2. The number of carbonyl (C=O) groups is 2. The minimum Gasteiger partial charge on any atom is -0.481 e. The molecular weight excluding hydrogens is 351 g/mol. The number of urea groups is 1. The molecule has 0 aliphatic carbocycles. The molecule has 3 N–H and O–H groups in total. The summed E-state index contributed by atoms with van der Waals surface area (Å²) in [6.07, 6.45) is -3.50. The standard InChI is InChI=1S/C17H22F3N3O3/c18-17(19,20)13-5-3-4-12(10-13)14(11-15(24)25)23-9-8-22(16(23)26)7-2-1-6-21/h3-5,10,14H,1-2,6-9,11,21H2,(H,24,25). The Bertz CT molecular complexity index is 652. The Morgan fingerprint density at radius 1 is 1.27 bits per heavy atom. The van der Waals surface area contributed by atoms with Gasteiger partial charge in [-0.25, -0.2) is 4.79 Å². The van der Waals surface area contributed by atoms with Crippen LogP contribution in [0.1, 0.15) is 36.4 Å². The molecule has 26 heavy (non-hydrogen) atoms. The second kappa shape index (κ2) is 8.39. The highest BCUT2D eigenvalue weighted by atomic mass is 19.4. The Balaban J connectivity index is 2.23. The average molecular weight is 373 g/mol. The van der Waals surface area contributed by atoms with Gasteiger partial charge in [0.1, 0.15) is 0 Å². The zero-order valence-corrected chi connectivity index (χ0v) is 14.2. The lowest BCUT2D eigenvalue weighted by molar-refractivity contribution is -0.138. The molecule has 0 saturated carbocycles. The highest BCUT2D eigenvalue weighted by molar-refractivity contribution is 5.78. The van der Waals surface area contributed by atoms with Crippen molar-refractivity contribution in [2.24, 2.45) is 5.73 Å². The SMILES string of the molecule is NCCCCN1CCN(C(CC(=O)O)c2cccc(C(F)(F)F)c2)C1=O. The van der Waals surface area contributed by atoms with Crippen LogP contribution in [0.5, 0.6) is 0 Å². The Labute approximate surface area is 149 Å². The van der Waals surface area contributed by atoms with Crippen molar-refractivity contribution >= 4 is 12.0 Å². The van der Waals surface area contributed by atoms with Gasteiger partial charge in [0, 0.05) is 19.6 Å². The predicted molar refractivity (Wildman–Crippen MR) is 88.4 cm³/mol. The van der Waals surface area contributed by atoms with Crippen molar-refractivity contribution < 1.29 is 27.9 Å². The molecule has 0 spiro atoms. The summed E-state index contributed by atoms with van der Waals surface area (Å²) in [4.78, 5) is 26.7. The highest BCUT2D eigenvalue weighted by Gasteiger charge is 2.37. The van der Waals surface area contributed by atoms with Gasteiger partial charge in [0.15, 0.2) is 0 Å². The van der Waals surface area contributed by atoms with Gasteiger partial charge >= 0.3 is 18.2 Å². The van der Waals surface area contributed by atoms with E-state index in [0.717, 1.165) is 25.0 Å². The Morgan fingerprint density at radius 2 is 2.00 bits per heavy atom. The lowest BCUT2D eigenvalue weighted by atomic mass is 10.00. The van der Waals surface area contributed by atoms with Crippen LogP contribution in [0.25, 0.3) is 0 Å². The Kier molecular flexibility index (Phi) is 6.47. The molecular formula is C17H22F3N3O3. The van der Waals surface area contributed by atoms with Crippen LogP contribution in [0, 0.1) is 0 Å². The van der Waals surface area contributed by atoms with Crippen LogP contribution in [0.15, 0.2) is 24.3 Å². The highest BCUT2D eigenvalue weighted by Crippen LogP contribution is 2.34. The molecule has 0 bridgehead atoms. The third kappa shape index (κ3) is 4.87. The summed E-state index contributed by atoms with van der Waals surface area (Å²) >= 11 is 0. The predicted octanol–water partition coefficient (Wildman–Crippen LogP) is 2.70. The van der Waals surface area contributed by atoms with E-state index in [9.17, 15) is 27.9 Å². The molecule has 1 atom stereocenters. The van der Waals surface area contributed by atoms with Gasteiger partial charge in [-0.15, -0.1) is 0 Å². The number of rotatable bonds is 8. The fraction of sp³-hybridized carbons (Fsp3) is 0.529. The molecule has 1 saturated heterocycles. The fourth-order valence-electron chi connectivity index (χ4n) is 3.04. The molecule has 1 aliphatic heterocycles. The van der Waals surface area contributed by atoms with E-state index in [-0.39, 0.29) is 18.1 Å². The van der Waals surface area contributed by atoms with Gasteiger partial charge in [0.25, 0.3) is 0 Å². The number of hydrogen-bond donors (Lipinski definition) is 2. The molecule has 6 nitrogen and oxygen atoms in total. The van der Waals surface area contributed by atoms with Gasteiger partial charge < -0.3 is 20.6 Å². The number of unbranched alkanes of at least 4 members (excludes halogenated alkanes) is 1. The number of amides is 2. The van der Waals surface area contributed by atoms with Crippen LogP contribution in [0.2, 0.25) is 0 Å². The van der Waals surface area contributed by atoms with E-state index in [4.69, 9.17) is 5.73 Å². The summed E-state index contributed by atoms with van der Waals surface area (Å²) in [5.74, 6) is -1.18. The van der Waals surface area contributed by atoms with Crippen molar-refractivity contribution in [3.05, 3.63) is 35.4 Å². The van der Waals surface area contributed by atoms with Crippen LogP contribution in [-0.4, -0.2) is 53.1 Å². The van der Waals surface area contributed by atoms with E-state index in [0.29, 0.717) is 19.6 Å². The number of hydrogen-bond acceptors (Lipinski definition) is 3. The quantitative estimate of drug-likeness (QED) is 0.686. The zero-order valence-electron chi connectivity index (χ0n) is 14.2. The molecule has 1 aromatic rings. The van der Waals surface area contributed by atoms with Crippen molar-refractivity contribution in [1.82, 2.24) is 9.80 Å². The largest absolute Gasteiger partial charge is 0.481 e. The minimum atomic E-state index is -4.53. The van der Waals surface area contributed by atoms with E-state index in [1.165, 1.54) is 17.0 Å². The van der Waals surface area contributed by atoms with Crippen LogP contribution >= 0.6 is 0 Å². The van der Waals surface area contributed by atoms with Crippen LogP contribution < -0.4 is 5.73 Å². The number of carbonyl (C=O) groups excluding carboxylic acids is 1. The molecule has 144 valence electrons. The molecule has 1 fully saturated rings. The van der Waals surface area contributed by atoms with Gasteiger partial charge in [-0.05, 0) is 37.1 Å². The van der Waals surface area contributed by atoms with Crippen molar-refractivity contribution in [2.45, 2.75) is 31.5 Å². The number of carboxylic acid groups (broad SMARTS) is 1. The molecule has 9 heteroatoms. The van der Waals surface area contributed by atoms with Gasteiger partial charge in [0.2, 0.25) is 0 Å². The first-order valence-corrected chi connectivity index (χ1v) is 8.38. The third-order valence-electron chi connectivity index (χ3n) is 4.35. The molecule has 1 heterocycles. The maximum absolute atomic E-state index is 13.0. The maximum Gasteiger partial charge on any atom is 0.416 e. The van der Waals surface area contributed by atoms with E-state index in [2.05, 4.69) is 0 Å². The van der Waals surface area contributed by atoms with E-state index in [1.807, 2.05) is 0 Å². The number of nitrogens with zero attached hydrogens (tertiary/aromatic N) is 2. The van der Waals surface area contributed by atoms with Crippen LogP contribution in [-0.2, 0) is 11.0 Å². The minimum absolute atomic E-state index is 0.166. The van der Waals surface area contributed by atoms with Crippen molar-refractivity contribution in [2.75, 3.05) is 26.2 Å². The van der Waals surface area contributed by atoms with Crippen molar-refractivity contribution in [3.63, 3.8) is 0 Å². The molecule has 1 aromatic carbocycles. The van der Waals surface area contributed by atoms with Gasteiger partial charge in [-0.1, -0.05) is 12.1 Å². The number of carboxylic acids is 1. The Hall–Kier alpha value is -2.29. The first-order valence-electron chi connectivity index (χ1n) is 8.38. The normalized spacial score (nSPS) is 16.2. The summed E-state index contributed by atoms with van der Waals surface area (Å²) in [5.41, 5.74) is 4.73. The summed E-state index contributed by atoms with van der Waals surface area (Å²) < 4.78 is 38.9. The number of halogens is 3. The lowest BCUT2D eigenvalue weighted by Gasteiger charge is -2.28. The second-order valence-electron chi connectivity index (χ2n) is 6.20. The van der Waals surface area contributed by atoms with Gasteiger partial charge in [-0.2, -0.15) is 13.2 Å². The zero-order chi connectivity index (χ0) is 19.3. The second-order valence-corrected chi connectivity index (χ2v) is 6.20. The van der Waals surface area contributed by atoms with Crippen LogP contribution in [0.3, 0.4) is 0 Å². The van der Waals surface area contributed by atoms with Gasteiger partial charge in [0.05, 0.1) is 18.0 Å². The topological polar surface area (TPSA) is 86.9 Å². The van der Waals surface area contributed by atoms with Gasteiger partial charge in [-0.3, -0.25) is 4.79 Å². The number of aliphatic carboxylic acids is 1. The summed E-state index contributed by atoms with van der Waals surface area (Å²) in [6, 6.07) is 3.19. The summed E-state index contributed by atoms with van der Waals surface area (Å²) in [5, 5.41) is 9.17. The average Bonchev–Trinajstić information content (AvgIpc) is 2.93. The monoisotopic (exact) mass is 373 g/mol. The van der Waals surface area contributed by atoms with Crippen molar-refractivity contribution in [3.8, 4) is 0 Å². The van der Waals surface area contributed by atoms with Crippen LogP contribution in [0.4, 0.5) is 18.0 Å². The van der Waals surface area contributed by atoms with E-state index >= 15 is 0 Å². The molecule has 2 amide bonds. The third-order valence-corrected chi connectivity index (χ3v) is 4.35. The fourth-order valence-corrected chi connectivity index (χ4v) is 3.04. The smallest absolute Gasteiger partial charge is 0.416 e. The molecule has 1 aliphatic rings. The first kappa shape index (κ1) is 20.0. The number of alkyl halides is 3.